The van der Waals surface area contributed by atoms with Crippen molar-refractivity contribution in [2.24, 2.45) is 17.8 Å². The highest BCUT2D eigenvalue weighted by molar-refractivity contribution is 5.02. The standard InChI is InChI=1S/C18H34O2/c1-14(2)7-6-10-19-11-12-20-18-13-16(5)8-9-17(18)15(3)4/h14,16-18H,3,6-13H2,1-2,4-5H3. The van der Waals surface area contributed by atoms with E-state index in [1.54, 1.807) is 0 Å². The fraction of sp³-hybridized carbons (Fsp3) is 0.889. The van der Waals surface area contributed by atoms with Gasteiger partial charge in [0.15, 0.2) is 0 Å². The van der Waals surface area contributed by atoms with E-state index < -0.39 is 0 Å². The molecule has 1 aliphatic rings. The molecule has 1 rings (SSSR count). The normalized spacial score (nSPS) is 26.9. The molecule has 0 bridgehead atoms. The van der Waals surface area contributed by atoms with Crippen molar-refractivity contribution < 1.29 is 9.47 Å². The molecule has 20 heavy (non-hydrogen) atoms. The Bertz CT molecular complexity index is 273. The van der Waals surface area contributed by atoms with Crippen LogP contribution in [-0.4, -0.2) is 25.9 Å². The van der Waals surface area contributed by atoms with E-state index in [4.69, 9.17) is 9.47 Å². The van der Waals surface area contributed by atoms with Gasteiger partial charge in [0.2, 0.25) is 0 Å². The van der Waals surface area contributed by atoms with Crippen molar-refractivity contribution in [1.82, 2.24) is 0 Å². The summed E-state index contributed by atoms with van der Waals surface area (Å²) in [6.07, 6.45) is 6.48. The van der Waals surface area contributed by atoms with Crippen LogP contribution in [0, 0.1) is 17.8 Å². The first kappa shape index (κ1) is 17.7. The Morgan fingerprint density at radius 2 is 1.95 bits per heavy atom. The van der Waals surface area contributed by atoms with Crippen LogP contribution in [0.4, 0.5) is 0 Å². The minimum absolute atomic E-state index is 0.357. The molecule has 0 radical (unpaired) electrons. The summed E-state index contributed by atoms with van der Waals surface area (Å²) in [5.74, 6) is 2.10. The molecular weight excluding hydrogens is 248 g/mol. The molecular formula is C18H34O2. The lowest BCUT2D eigenvalue weighted by Crippen LogP contribution is -2.32. The number of rotatable bonds is 9. The second-order valence-electron chi connectivity index (χ2n) is 6.93. The summed E-state index contributed by atoms with van der Waals surface area (Å²) in [4.78, 5) is 0. The molecule has 2 nitrogen and oxygen atoms in total. The third-order valence-corrected chi connectivity index (χ3v) is 4.32. The highest BCUT2D eigenvalue weighted by Crippen LogP contribution is 2.34. The summed E-state index contributed by atoms with van der Waals surface area (Å²) in [5.41, 5.74) is 1.28. The largest absolute Gasteiger partial charge is 0.379 e. The van der Waals surface area contributed by atoms with E-state index in [-0.39, 0.29) is 0 Å². The van der Waals surface area contributed by atoms with Gasteiger partial charge >= 0.3 is 0 Å². The van der Waals surface area contributed by atoms with Crippen molar-refractivity contribution in [1.29, 1.82) is 0 Å². The third kappa shape index (κ3) is 6.90. The average molecular weight is 282 g/mol. The molecule has 0 saturated heterocycles. The van der Waals surface area contributed by atoms with Crippen LogP contribution in [0.3, 0.4) is 0 Å². The average Bonchev–Trinajstić information content (AvgIpc) is 2.37. The van der Waals surface area contributed by atoms with Crippen molar-refractivity contribution in [2.75, 3.05) is 19.8 Å². The van der Waals surface area contributed by atoms with Crippen molar-refractivity contribution in [3.05, 3.63) is 12.2 Å². The van der Waals surface area contributed by atoms with Crippen molar-refractivity contribution in [3.63, 3.8) is 0 Å². The van der Waals surface area contributed by atoms with Crippen LogP contribution in [0.5, 0.6) is 0 Å². The maximum absolute atomic E-state index is 6.07. The van der Waals surface area contributed by atoms with Crippen molar-refractivity contribution in [3.8, 4) is 0 Å². The molecule has 3 atom stereocenters. The fourth-order valence-electron chi connectivity index (χ4n) is 3.03. The van der Waals surface area contributed by atoms with Crippen LogP contribution in [-0.2, 0) is 9.47 Å². The Morgan fingerprint density at radius 3 is 2.60 bits per heavy atom. The zero-order valence-electron chi connectivity index (χ0n) is 14.0. The molecule has 0 aromatic heterocycles. The highest BCUT2D eigenvalue weighted by Gasteiger charge is 2.29. The summed E-state index contributed by atoms with van der Waals surface area (Å²) in [7, 11) is 0. The minimum atomic E-state index is 0.357. The molecule has 0 aliphatic heterocycles. The first-order chi connectivity index (χ1) is 9.50. The van der Waals surface area contributed by atoms with Gasteiger partial charge in [-0.1, -0.05) is 32.9 Å². The lowest BCUT2D eigenvalue weighted by atomic mass is 9.78. The van der Waals surface area contributed by atoms with Gasteiger partial charge in [-0.3, -0.25) is 0 Å². The second kappa shape index (κ2) is 9.57. The smallest absolute Gasteiger partial charge is 0.0704 e. The Hall–Kier alpha value is -0.340. The quantitative estimate of drug-likeness (QED) is 0.445. The van der Waals surface area contributed by atoms with E-state index in [1.807, 2.05) is 0 Å². The first-order valence-electron chi connectivity index (χ1n) is 8.35. The maximum atomic E-state index is 6.07. The zero-order valence-corrected chi connectivity index (χ0v) is 14.0. The zero-order chi connectivity index (χ0) is 15.0. The first-order valence-corrected chi connectivity index (χ1v) is 8.35. The maximum Gasteiger partial charge on any atom is 0.0704 e. The highest BCUT2D eigenvalue weighted by atomic mass is 16.5. The van der Waals surface area contributed by atoms with Crippen LogP contribution in [0.15, 0.2) is 12.2 Å². The van der Waals surface area contributed by atoms with Crippen molar-refractivity contribution in [2.45, 2.75) is 65.9 Å². The van der Waals surface area contributed by atoms with Crippen LogP contribution in [0.2, 0.25) is 0 Å². The fourth-order valence-corrected chi connectivity index (χ4v) is 3.03. The Morgan fingerprint density at radius 1 is 1.20 bits per heavy atom. The van der Waals surface area contributed by atoms with E-state index in [2.05, 4.69) is 34.3 Å². The SMILES string of the molecule is C=C(C)C1CCC(C)CC1OCCOCCCC(C)C. The summed E-state index contributed by atoms with van der Waals surface area (Å²) >= 11 is 0. The Kier molecular flexibility index (Phi) is 8.47. The molecule has 2 heteroatoms. The molecule has 118 valence electrons. The summed E-state index contributed by atoms with van der Waals surface area (Å²) in [6.45, 7) is 15.4. The number of ether oxygens (including phenoxy) is 2. The van der Waals surface area contributed by atoms with E-state index in [0.717, 1.165) is 38.1 Å². The predicted octanol–water partition coefficient (Wildman–Crippen LogP) is 4.84. The van der Waals surface area contributed by atoms with Gasteiger partial charge < -0.3 is 9.47 Å². The Balaban J connectivity index is 2.13. The van der Waals surface area contributed by atoms with Crippen LogP contribution in [0.25, 0.3) is 0 Å². The van der Waals surface area contributed by atoms with Gasteiger partial charge in [0.05, 0.1) is 19.3 Å². The van der Waals surface area contributed by atoms with Crippen molar-refractivity contribution >= 4 is 0 Å². The molecule has 3 unspecified atom stereocenters. The van der Waals surface area contributed by atoms with E-state index in [1.165, 1.54) is 31.3 Å². The van der Waals surface area contributed by atoms with Gasteiger partial charge in [0.25, 0.3) is 0 Å². The lowest BCUT2D eigenvalue weighted by molar-refractivity contribution is -0.0388. The molecule has 1 fully saturated rings. The van der Waals surface area contributed by atoms with Crippen LogP contribution in [0.1, 0.15) is 59.8 Å². The molecule has 0 spiro atoms. The van der Waals surface area contributed by atoms with E-state index >= 15 is 0 Å². The van der Waals surface area contributed by atoms with Gasteiger partial charge in [-0.15, -0.1) is 0 Å². The van der Waals surface area contributed by atoms with Gasteiger partial charge in [0, 0.05) is 12.5 Å². The molecule has 0 aromatic rings. The summed E-state index contributed by atoms with van der Waals surface area (Å²) in [5, 5.41) is 0. The third-order valence-electron chi connectivity index (χ3n) is 4.32. The van der Waals surface area contributed by atoms with Gasteiger partial charge in [-0.2, -0.15) is 0 Å². The molecule has 0 heterocycles. The van der Waals surface area contributed by atoms with Gasteiger partial charge in [0.1, 0.15) is 0 Å². The molecule has 1 aliphatic carbocycles. The Labute approximate surface area is 125 Å². The molecule has 0 aromatic carbocycles. The van der Waals surface area contributed by atoms with Crippen LogP contribution >= 0.6 is 0 Å². The summed E-state index contributed by atoms with van der Waals surface area (Å²) < 4.78 is 11.7. The topological polar surface area (TPSA) is 18.5 Å². The summed E-state index contributed by atoms with van der Waals surface area (Å²) in [6, 6.07) is 0. The minimum Gasteiger partial charge on any atom is -0.379 e. The predicted molar refractivity (Wildman–Crippen MR) is 86.0 cm³/mol. The van der Waals surface area contributed by atoms with Gasteiger partial charge in [-0.25, -0.2) is 0 Å². The van der Waals surface area contributed by atoms with Gasteiger partial charge in [-0.05, 0) is 50.9 Å². The molecule has 0 N–H and O–H groups in total. The molecule has 0 amide bonds. The van der Waals surface area contributed by atoms with E-state index in [9.17, 15) is 0 Å². The van der Waals surface area contributed by atoms with E-state index in [0.29, 0.717) is 12.0 Å². The van der Waals surface area contributed by atoms with Crippen LogP contribution < -0.4 is 0 Å². The lowest BCUT2D eigenvalue weighted by Gasteiger charge is -2.35. The molecule has 1 saturated carbocycles. The number of hydrogen-bond donors (Lipinski definition) is 0. The monoisotopic (exact) mass is 282 g/mol. The number of hydrogen-bond acceptors (Lipinski definition) is 2. The second-order valence-corrected chi connectivity index (χ2v) is 6.93.